The normalized spacial score (nSPS) is 11.0. The third-order valence-electron chi connectivity index (χ3n) is 2.96. The van der Waals surface area contributed by atoms with E-state index in [4.69, 9.17) is 22.1 Å². The first-order valence-electron chi connectivity index (χ1n) is 5.93. The average molecular weight is 386 g/mol. The van der Waals surface area contributed by atoms with Crippen LogP contribution < -0.4 is 10.5 Å². The van der Waals surface area contributed by atoms with E-state index in [-0.39, 0.29) is 5.28 Å². The molecule has 2 N–H and O–H groups in total. The molecule has 108 valence electrons. The van der Waals surface area contributed by atoms with Crippen LogP contribution in [0.25, 0.3) is 21.5 Å². The third kappa shape index (κ3) is 2.45. The predicted octanol–water partition coefficient (Wildman–Crippen LogP) is 4.07. The van der Waals surface area contributed by atoms with Gasteiger partial charge in [0.1, 0.15) is 5.52 Å². The van der Waals surface area contributed by atoms with Crippen molar-refractivity contribution in [2.24, 2.45) is 0 Å². The Labute approximate surface area is 138 Å². The number of thiophene rings is 1. The Bertz CT molecular complexity index is 852. The molecule has 0 atom stereocenters. The van der Waals surface area contributed by atoms with Crippen LogP contribution in [0.3, 0.4) is 0 Å². The lowest BCUT2D eigenvalue weighted by atomic mass is 10.2. The van der Waals surface area contributed by atoms with Gasteiger partial charge in [0.15, 0.2) is 0 Å². The highest BCUT2D eigenvalue weighted by Gasteiger charge is 2.17. The first-order chi connectivity index (χ1) is 10.0. The number of halogens is 2. The van der Waals surface area contributed by atoms with Gasteiger partial charge in [0.2, 0.25) is 11.2 Å². The Hall–Kier alpha value is -1.44. The van der Waals surface area contributed by atoms with Crippen molar-refractivity contribution in [3.05, 3.63) is 26.9 Å². The molecule has 0 aliphatic carbocycles. The minimum absolute atomic E-state index is 0.186. The maximum Gasteiger partial charge on any atom is 0.236 e. The lowest BCUT2D eigenvalue weighted by Gasteiger charge is -2.07. The number of aromatic nitrogens is 3. The van der Waals surface area contributed by atoms with Crippen molar-refractivity contribution in [1.29, 1.82) is 0 Å². The molecular formula is C13H10BrClN4OS. The molecule has 3 aromatic heterocycles. The van der Waals surface area contributed by atoms with E-state index in [1.54, 1.807) is 23.6 Å². The number of nitrogen functional groups attached to an aromatic ring is 1. The second-order valence-electron chi connectivity index (χ2n) is 4.31. The Morgan fingerprint density at radius 1 is 1.38 bits per heavy atom. The van der Waals surface area contributed by atoms with Crippen LogP contribution in [-0.2, 0) is 0 Å². The molecule has 0 radical (unpaired) electrons. The van der Waals surface area contributed by atoms with Crippen LogP contribution in [0.2, 0.25) is 5.28 Å². The molecule has 3 rings (SSSR count). The van der Waals surface area contributed by atoms with Gasteiger partial charge in [0.05, 0.1) is 27.7 Å². The molecule has 0 unspecified atom stereocenters. The van der Waals surface area contributed by atoms with Crippen LogP contribution in [0.15, 0.2) is 16.7 Å². The fourth-order valence-electron chi connectivity index (χ4n) is 2.00. The molecule has 0 saturated heterocycles. The molecule has 8 heteroatoms. The Kier molecular flexibility index (Phi) is 3.73. The number of ether oxygens (including phenoxy) is 1. The van der Waals surface area contributed by atoms with E-state index in [2.05, 4.69) is 30.9 Å². The van der Waals surface area contributed by atoms with E-state index in [1.807, 2.05) is 6.92 Å². The summed E-state index contributed by atoms with van der Waals surface area (Å²) < 4.78 is 6.94. The highest BCUT2D eigenvalue weighted by molar-refractivity contribution is 9.10. The van der Waals surface area contributed by atoms with Crippen molar-refractivity contribution >= 4 is 54.8 Å². The Morgan fingerprint density at radius 2 is 2.14 bits per heavy atom. The summed E-state index contributed by atoms with van der Waals surface area (Å²) in [5.74, 6) is 0.388. The van der Waals surface area contributed by atoms with Gasteiger partial charge in [-0.1, -0.05) is 0 Å². The van der Waals surface area contributed by atoms with Crippen molar-refractivity contribution in [2.75, 3.05) is 12.8 Å². The zero-order valence-electron chi connectivity index (χ0n) is 11.1. The molecule has 0 bridgehead atoms. The summed E-state index contributed by atoms with van der Waals surface area (Å²) in [5, 5.41) is 0.186. The van der Waals surface area contributed by atoms with Crippen molar-refractivity contribution in [2.45, 2.75) is 6.92 Å². The standard InChI is InChI=1S/C13H10BrClN4OS/c1-5-8(14)10-11(21-5)9(18-13(15)19-10)6-3-7(16)12(20-2)17-4-6/h3-4H,16H2,1-2H3. The molecule has 3 heterocycles. The number of anilines is 1. The van der Waals surface area contributed by atoms with Gasteiger partial charge in [-0.2, -0.15) is 0 Å². The van der Waals surface area contributed by atoms with Gasteiger partial charge in [-0.3, -0.25) is 0 Å². The molecule has 21 heavy (non-hydrogen) atoms. The summed E-state index contributed by atoms with van der Waals surface area (Å²) >= 11 is 11.2. The number of fused-ring (bicyclic) bond motifs is 1. The summed E-state index contributed by atoms with van der Waals surface area (Å²) in [4.78, 5) is 13.9. The van der Waals surface area contributed by atoms with Crippen LogP contribution in [0, 0.1) is 6.92 Å². The third-order valence-corrected chi connectivity index (χ3v) is 5.46. The van der Waals surface area contributed by atoms with Crippen molar-refractivity contribution in [1.82, 2.24) is 15.0 Å². The number of methoxy groups -OCH3 is 1. The van der Waals surface area contributed by atoms with Gasteiger partial charge in [-0.15, -0.1) is 11.3 Å². The zero-order chi connectivity index (χ0) is 15.1. The molecule has 0 amide bonds. The monoisotopic (exact) mass is 384 g/mol. The second kappa shape index (κ2) is 5.40. The lowest BCUT2D eigenvalue weighted by molar-refractivity contribution is 0.400. The SMILES string of the molecule is COc1ncc(-c2nc(Cl)nc3c(Br)c(C)sc23)cc1N. The number of rotatable bonds is 2. The van der Waals surface area contributed by atoms with Gasteiger partial charge in [0.25, 0.3) is 0 Å². The van der Waals surface area contributed by atoms with Crippen LogP contribution in [0.4, 0.5) is 5.69 Å². The summed E-state index contributed by atoms with van der Waals surface area (Å²) in [7, 11) is 1.53. The van der Waals surface area contributed by atoms with E-state index in [1.165, 1.54) is 7.11 Å². The van der Waals surface area contributed by atoms with Crippen molar-refractivity contribution in [3.8, 4) is 17.1 Å². The molecule has 0 spiro atoms. The van der Waals surface area contributed by atoms with Crippen LogP contribution in [-0.4, -0.2) is 22.1 Å². The van der Waals surface area contributed by atoms with Crippen molar-refractivity contribution < 1.29 is 4.74 Å². The average Bonchev–Trinajstić information content (AvgIpc) is 2.74. The Balaban J connectivity index is 2.29. The fourth-order valence-corrected chi connectivity index (χ4v) is 3.83. The summed E-state index contributed by atoms with van der Waals surface area (Å²) in [6.07, 6.45) is 1.66. The van der Waals surface area contributed by atoms with Gasteiger partial charge >= 0.3 is 0 Å². The number of hydrogen-bond acceptors (Lipinski definition) is 6. The highest BCUT2D eigenvalue weighted by atomic mass is 79.9. The molecule has 0 aliphatic heterocycles. The highest BCUT2D eigenvalue weighted by Crippen LogP contribution is 2.39. The fraction of sp³-hybridized carbons (Fsp3) is 0.154. The van der Waals surface area contributed by atoms with Crippen LogP contribution >= 0.6 is 38.9 Å². The molecule has 3 aromatic rings. The van der Waals surface area contributed by atoms with Gasteiger partial charge in [0, 0.05) is 16.6 Å². The van der Waals surface area contributed by atoms with E-state index in [9.17, 15) is 0 Å². The first kappa shape index (κ1) is 14.5. The van der Waals surface area contributed by atoms with Gasteiger partial charge in [-0.25, -0.2) is 15.0 Å². The smallest absolute Gasteiger partial charge is 0.236 e. The molecule has 0 fully saturated rings. The minimum Gasteiger partial charge on any atom is -0.480 e. The number of pyridine rings is 1. The molecule has 0 aliphatic rings. The first-order valence-corrected chi connectivity index (χ1v) is 7.92. The molecule has 0 saturated carbocycles. The van der Waals surface area contributed by atoms with E-state index < -0.39 is 0 Å². The van der Waals surface area contributed by atoms with Crippen molar-refractivity contribution in [3.63, 3.8) is 0 Å². The van der Waals surface area contributed by atoms with Crippen LogP contribution in [0.1, 0.15) is 4.88 Å². The summed E-state index contributed by atoms with van der Waals surface area (Å²) in [6.45, 7) is 2.01. The lowest BCUT2D eigenvalue weighted by Crippen LogP contribution is -1.97. The predicted molar refractivity (Wildman–Crippen MR) is 89.1 cm³/mol. The maximum absolute atomic E-state index is 6.04. The number of nitrogens with two attached hydrogens (primary N) is 1. The summed E-state index contributed by atoms with van der Waals surface area (Å²) in [6, 6.07) is 1.77. The zero-order valence-corrected chi connectivity index (χ0v) is 14.3. The topological polar surface area (TPSA) is 73.9 Å². The Morgan fingerprint density at radius 3 is 2.81 bits per heavy atom. The van der Waals surface area contributed by atoms with Gasteiger partial charge in [-0.05, 0) is 40.5 Å². The van der Waals surface area contributed by atoms with E-state index in [0.29, 0.717) is 17.3 Å². The minimum atomic E-state index is 0.186. The maximum atomic E-state index is 6.04. The number of aryl methyl sites for hydroxylation is 1. The number of hydrogen-bond donors (Lipinski definition) is 1. The summed E-state index contributed by atoms with van der Waals surface area (Å²) in [5.41, 5.74) is 8.65. The second-order valence-corrected chi connectivity index (χ2v) is 6.67. The number of nitrogens with zero attached hydrogens (tertiary/aromatic N) is 3. The molecular weight excluding hydrogens is 376 g/mol. The largest absolute Gasteiger partial charge is 0.480 e. The molecule has 5 nitrogen and oxygen atoms in total. The quantitative estimate of drug-likeness (QED) is 0.673. The van der Waals surface area contributed by atoms with Gasteiger partial charge < -0.3 is 10.5 Å². The van der Waals surface area contributed by atoms with E-state index >= 15 is 0 Å². The van der Waals surface area contributed by atoms with Crippen LogP contribution in [0.5, 0.6) is 5.88 Å². The molecule has 0 aromatic carbocycles. The van der Waals surface area contributed by atoms with E-state index in [0.717, 1.165) is 25.1 Å².